The van der Waals surface area contributed by atoms with Gasteiger partial charge in [0.25, 0.3) is 0 Å². The van der Waals surface area contributed by atoms with Crippen molar-refractivity contribution in [2.45, 2.75) is 17.4 Å². The highest BCUT2D eigenvalue weighted by Gasteiger charge is 2.33. The number of anilines is 1. The van der Waals surface area contributed by atoms with E-state index < -0.39 is 21.9 Å². The first kappa shape index (κ1) is 17.1. The van der Waals surface area contributed by atoms with Gasteiger partial charge in [-0.05, 0) is 42.5 Å². The molecule has 1 amide bonds. The number of sulfonamides is 1. The lowest BCUT2D eigenvalue weighted by atomic mass is 10.3. The summed E-state index contributed by atoms with van der Waals surface area (Å²) in [5.74, 6) is -0.691. The molecule has 0 bridgehead atoms. The minimum atomic E-state index is -3.72. The van der Waals surface area contributed by atoms with Crippen LogP contribution in [0.1, 0.15) is 6.42 Å². The first-order valence-electron chi connectivity index (χ1n) is 7.19. The first-order chi connectivity index (χ1) is 11.3. The summed E-state index contributed by atoms with van der Waals surface area (Å²) in [6.45, 7) is 0.165. The molecule has 0 aliphatic carbocycles. The van der Waals surface area contributed by atoms with Crippen molar-refractivity contribution in [2.75, 3.05) is 11.4 Å². The average Bonchev–Trinajstić information content (AvgIpc) is 2.87. The van der Waals surface area contributed by atoms with E-state index in [4.69, 9.17) is 0 Å². The fourth-order valence-electron chi connectivity index (χ4n) is 2.58. The van der Waals surface area contributed by atoms with Crippen LogP contribution in [0.25, 0.3) is 0 Å². The molecule has 1 N–H and O–H groups in total. The Hall–Kier alpha value is -1.77. The van der Waals surface area contributed by atoms with Gasteiger partial charge in [0.1, 0.15) is 5.82 Å². The largest absolute Gasteiger partial charge is 0.311 e. The van der Waals surface area contributed by atoms with Crippen LogP contribution in [-0.4, -0.2) is 26.9 Å². The van der Waals surface area contributed by atoms with Gasteiger partial charge in [0.2, 0.25) is 15.9 Å². The van der Waals surface area contributed by atoms with Gasteiger partial charge in [0, 0.05) is 29.2 Å². The van der Waals surface area contributed by atoms with E-state index in [1.54, 1.807) is 18.2 Å². The predicted octanol–water partition coefficient (Wildman–Crippen LogP) is 2.67. The van der Waals surface area contributed by atoms with Crippen molar-refractivity contribution in [3.63, 3.8) is 0 Å². The van der Waals surface area contributed by atoms with Crippen LogP contribution in [0.15, 0.2) is 57.9 Å². The van der Waals surface area contributed by atoms with Crippen LogP contribution in [-0.2, 0) is 14.8 Å². The second-order valence-corrected chi connectivity index (χ2v) is 8.09. The lowest BCUT2D eigenvalue weighted by Gasteiger charge is -2.17. The second kappa shape index (κ2) is 6.62. The summed E-state index contributed by atoms with van der Waals surface area (Å²) in [6, 6.07) is 11.3. The van der Waals surface area contributed by atoms with Gasteiger partial charge in [0.05, 0.1) is 4.90 Å². The number of benzene rings is 2. The molecule has 24 heavy (non-hydrogen) atoms. The summed E-state index contributed by atoms with van der Waals surface area (Å²) in [5.41, 5.74) is 0.422. The predicted molar refractivity (Wildman–Crippen MR) is 91.6 cm³/mol. The Kier molecular flexibility index (Phi) is 4.71. The van der Waals surface area contributed by atoms with Crippen molar-refractivity contribution < 1.29 is 17.6 Å². The number of halogens is 2. The van der Waals surface area contributed by atoms with Gasteiger partial charge in [-0.2, -0.15) is 0 Å². The summed E-state index contributed by atoms with van der Waals surface area (Å²) in [7, 11) is -3.72. The molecule has 2 aromatic carbocycles. The Morgan fingerprint density at radius 2 is 1.88 bits per heavy atom. The molecule has 0 spiro atoms. The maximum Gasteiger partial charge on any atom is 0.240 e. The van der Waals surface area contributed by atoms with E-state index in [9.17, 15) is 17.6 Å². The number of nitrogens with one attached hydrogen (secondary N) is 1. The minimum Gasteiger partial charge on any atom is -0.311 e. The number of nitrogens with zero attached hydrogens (tertiary/aromatic N) is 1. The lowest BCUT2D eigenvalue weighted by molar-refractivity contribution is -0.117. The third-order valence-corrected chi connectivity index (χ3v) is 5.76. The highest BCUT2D eigenvalue weighted by Crippen LogP contribution is 2.23. The zero-order chi connectivity index (χ0) is 17.3. The number of rotatable bonds is 4. The van der Waals surface area contributed by atoms with Crippen molar-refractivity contribution in [1.82, 2.24) is 4.72 Å². The van der Waals surface area contributed by atoms with Crippen LogP contribution < -0.4 is 9.62 Å². The van der Waals surface area contributed by atoms with Crippen molar-refractivity contribution in [3.05, 3.63) is 58.8 Å². The van der Waals surface area contributed by atoms with Crippen LogP contribution in [0, 0.1) is 5.82 Å². The monoisotopic (exact) mass is 412 g/mol. The molecule has 1 saturated heterocycles. The Balaban J connectivity index is 1.75. The van der Waals surface area contributed by atoms with E-state index >= 15 is 0 Å². The Labute approximate surface area is 147 Å². The van der Waals surface area contributed by atoms with Gasteiger partial charge in [-0.15, -0.1) is 0 Å². The van der Waals surface area contributed by atoms with Crippen LogP contribution in [0.5, 0.6) is 0 Å². The van der Waals surface area contributed by atoms with E-state index in [1.807, 2.05) is 0 Å². The molecule has 1 fully saturated rings. The maximum absolute atomic E-state index is 13.3. The molecule has 0 radical (unpaired) electrons. The van der Waals surface area contributed by atoms with Crippen molar-refractivity contribution in [3.8, 4) is 0 Å². The average molecular weight is 413 g/mol. The number of amides is 1. The fourth-order valence-corrected chi connectivity index (χ4v) is 4.07. The Morgan fingerprint density at radius 1 is 1.17 bits per heavy atom. The van der Waals surface area contributed by atoms with Gasteiger partial charge in [0.15, 0.2) is 0 Å². The van der Waals surface area contributed by atoms with E-state index in [1.165, 1.54) is 35.2 Å². The molecule has 2 aromatic rings. The van der Waals surface area contributed by atoms with E-state index in [2.05, 4.69) is 20.7 Å². The lowest BCUT2D eigenvalue weighted by Crippen LogP contribution is -2.37. The number of hydrogen-bond acceptors (Lipinski definition) is 3. The molecule has 126 valence electrons. The van der Waals surface area contributed by atoms with Crippen molar-refractivity contribution >= 4 is 37.5 Å². The fraction of sp³-hybridized carbons (Fsp3) is 0.188. The molecule has 1 heterocycles. The molecule has 0 unspecified atom stereocenters. The van der Waals surface area contributed by atoms with Crippen molar-refractivity contribution in [1.29, 1.82) is 0 Å². The first-order valence-corrected chi connectivity index (χ1v) is 9.46. The molecule has 0 aromatic heterocycles. The standard InChI is InChI=1S/C16H14BrFN2O3S/c17-11-4-6-15(7-5-11)24(22,23)19-13-9-16(21)20(10-13)14-3-1-2-12(18)8-14/h1-8,13,19H,9-10H2/t13-/m1/s1. The van der Waals surface area contributed by atoms with E-state index in [-0.39, 0.29) is 23.8 Å². The third kappa shape index (κ3) is 3.66. The molecule has 8 heteroatoms. The third-order valence-electron chi connectivity index (χ3n) is 3.69. The number of hydrogen-bond donors (Lipinski definition) is 1. The molecule has 0 saturated carbocycles. The van der Waals surface area contributed by atoms with Crippen LogP contribution in [0.2, 0.25) is 0 Å². The van der Waals surface area contributed by atoms with Crippen LogP contribution in [0.4, 0.5) is 10.1 Å². The normalized spacial score (nSPS) is 18.2. The van der Waals surface area contributed by atoms with E-state index in [0.29, 0.717) is 5.69 Å². The van der Waals surface area contributed by atoms with Crippen LogP contribution in [0.3, 0.4) is 0 Å². The summed E-state index contributed by atoms with van der Waals surface area (Å²) >= 11 is 3.25. The SMILES string of the molecule is O=C1C[C@@H](NS(=O)(=O)c2ccc(Br)cc2)CN1c1cccc(F)c1. The molecule has 3 rings (SSSR count). The van der Waals surface area contributed by atoms with Crippen molar-refractivity contribution in [2.24, 2.45) is 0 Å². The van der Waals surface area contributed by atoms with Crippen LogP contribution >= 0.6 is 15.9 Å². The maximum atomic E-state index is 13.3. The van der Waals surface area contributed by atoms with Gasteiger partial charge >= 0.3 is 0 Å². The Morgan fingerprint density at radius 3 is 2.54 bits per heavy atom. The highest BCUT2D eigenvalue weighted by atomic mass is 79.9. The zero-order valence-electron chi connectivity index (χ0n) is 12.4. The molecule has 1 aliphatic heterocycles. The smallest absolute Gasteiger partial charge is 0.240 e. The molecular weight excluding hydrogens is 399 g/mol. The summed E-state index contributed by atoms with van der Waals surface area (Å²) in [6.07, 6.45) is 0.0340. The number of carbonyl (C=O) groups is 1. The summed E-state index contributed by atoms with van der Waals surface area (Å²) in [5, 5.41) is 0. The highest BCUT2D eigenvalue weighted by molar-refractivity contribution is 9.10. The molecule has 1 aliphatic rings. The second-order valence-electron chi connectivity index (χ2n) is 5.46. The van der Waals surface area contributed by atoms with Gasteiger partial charge < -0.3 is 4.90 Å². The van der Waals surface area contributed by atoms with Gasteiger partial charge in [-0.25, -0.2) is 17.5 Å². The Bertz CT molecular complexity index is 871. The summed E-state index contributed by atoms with van der Waals surface area (Å²) in [4.78, 5) is 13.6. The summed E-state index contributed by atoms with van der Waals surface area (Å²) < 4.78 is 41.4. The zero-order valence-corrected chi connectivity index (χ0v) is 14.8. The topological polar surface area (TPSA) is 66.5 Å². The van der Waals surface area contributed by atoms with E-state index in [0.717, 1.165) is 4.47 Å². The molecular formula is C16H14BrFN2O3S. The quantitative estimate of drug-likeness (QED) is 0.839. The minimum absolute atomic E-state index is 0.0340. The number of carbonyl (C=O) groups excluding carboxylic acids is 1. The van der Waals surface area contributed by atoms with Gasteiger partial charge in [-0.3, -0.25) is 4.79 Å². The molecule has 5 nitrogen and oxygen atoms in total. The van der Waals surface area contributed by atoms with Gasteiger partial charge in [-0.1, -0.05) is 22.0 Å². The molecule has 1 atom stereocenters.